The summed E-state index contributed by atoms with van der Waals surface area (Å²) in [5, 5.41) is 4.55. The monoisotopic (exact) mass is 697 g/mol. The fourth-order valence-corrected chi connectivity index (χ4v) is 9.53. The zero-order valence-electron chi connectivity index (χ0n) is 29.7. The summed E-state index contributed by atoms with van der Waals surface area (Å²) < 4.78 is 0. The molecular weight excluding hydrogens is 667 g/mol. The highest BCUT2D eigenvalue weighted by Crippen LogP contribution is 2.64. The van der Waals surface area contributed by atoms with E-state index in [1.54, 1.807) is 0 Å². The number of pyridine rings is 3. The van der Waals surface area contributed by atoms with E-state index in [0.717, 1.165) is 66.5 Å². The first kappa shape index (κ1) is 30.3. The van der Waals surface area contributed by atoms with E-state index in [1.165, 1.54) is 44.3 Å². The number of nitrogens with zero attached hydrogens (tertiary/aromatic N) is 3. The Bertz CT molecular complexity index is 3150. The number of rotatable bonds is 3. The van der Waals surface area contributed by atoms with Crippen LogP contribution >= 0.6 is 0 Å². The Balaban J connectivity index is 0.998. The van der Waals surface area contributed by atoms with Crippen LogP contribution in [0.5, 0.6) is 0 Å². The van der Waals surface area contributed by atoms with E-state index in [0.29, 0.717) is 0 Å². The minimum atomic E-state index is -0.443. The smallest absolute Gasteiger partial charge is 0.0972 e. The summed E-state index contributed by atoms with van der Waals surface area (Å²) in [4.78, 5) is 15.7. The molecule has 1 spiro atoms. The van der Waals surface area contributed by atoms with E-state index in [2.05, 4.69) is 164 Å². The Morgan fingerprint density at radius 3 is 1.69 bits per heavy atom. The molecule has 0 N–H and O–H groups in total. The molecule has 0 aliphatic heterocycles. The molecule has 0 saturated carbocycles. The molecule has 0 fully saturated rings. The third kappa shape index (κ3) is 4.18. The molecular formula is C52H31N3. The van der Waals surface area contributed by atoms with Gasteiger partial charge < -0.3 is 0 Å². The number of aromatic nitrogens is 3. The van der Waals surface area contributed by atoms with Crippen LogP contribution < -0.4 is 0 Å². The molecule has 0 bridgehead atoms. The summed E-state index contributed by atoms with van der Waals surface area (Å²) in [5.41, 5.74) is 17.8. The molecule has 254 valence electrons. The lowest BCUT2D eigenvalue weighted by molar-refractivity contribution is 0.799. The van der Waals surface area contributed by atoms with Crippen LogP contribution in [0.2, 0.25) is 0 Å². The summed E-state index contributed by atoms with van der Waals surface area (Å²) in [7, 11) is 0. The van der Waals surface area contributed by atoms with Crippen molar-refractivity contribution >= 4 is 32.6 Å². The molecule has 3 heteroatoms. The Labute approximate surface area is 318 Å². The van der Waals surface area contributed by atoms with Gasteiger partial charge in [0.25, 0.3) is 0 Å². The van der Waals surface area contributed by atoms with Gasteiger partial charge in [-0.25, -0.2) is 9.97 Å². The van der Waals surface area contributed by atoms with Crippen LogP contribution in [0.3, 0.4) is 0 Å². The second kappa shape index (κ2) is 11.4. The van der Waals surface area contributed by atoms with Crippen molar-refractivity contribution in [2.45, 2.75) is 5.41 Å². The second-order valence-corrected chi connectivity index (χ2v) is 14.7. The third-order valence-electron chi connectivity index (χ3n) is 11.9. The fourth-order valence-electron chi connectivity index (χ4n) is 9.53. The first-order chi connectivity index (χ1) is 27.3. The lowest BCUT2D eigenvalue weighted by atomic mass is 9.69. The zero-order chi connectivity index (χ0) is 36.1. The van der Waals surface area contributed by atoms with Crippen LogP contribution in [0.1, 0.15) is 22.3 Å². The minimum absolute atomic E-state index is 0.443. The molecule has 12 rings (SSSR count). The highest BCUT2D eigenvalue weighted by molar-refractivity contribution is 6.07. The van der Waals surface area contributed by atoms with Crippen molar-refractivity contribution < 1.29 is 0 Å². The molecule has 3 aromatic heterocycles. The average Bonchev–Trinajstić information content (AvgIpc) is 3.73. The van der Waals surface area contributed by atoms with Crippen molar-refractivity contribution in [1.82, 2.24) is 15.0 Å². The number of benzene rings is 7. The predicted molar refractivity (Wildman–Crippen MR) is 225 cm³/mol. The lowest BCUT2D eigenvalue weighted by Gasteiger charge is -2.31. The summed E-state index contributed by atoms with van der Waals surface area (Å²) >= 11 is 0. The SMILES string of the molecule is c1ccc(-c2ccc3ccc4cc(-c5ccc(-c6nc7c(c8ccccc68)C6(c8ccccc8-c8ccccc86)c6ccccc6-7)cc5)cnc4c3n2)cc1. The van der Waals surface area contributed by atoms with Gasteiger partial charge in [0.1, 0.15) is 0 Å². The molecule has 3 nitrogen and oxygen atoms in total. The van der Waals surface area contributed by atoms with E-state index in [1.807, 2.05) is 24.4 Å². The Morgan fingerprint density at radius 1 is 0.364 bits per heavy atom. The van der Waals surface area contributed by atoms with Crippen molar-refractivity contribution in [3.8, 4) is 56.0 Å². The van der Waals surface area contributed by atoms with Crippen molar-refractivity contribution in [3.05, 3.63) is 210 Å². The van der Waals surface area contributed by atoms with Crippen molar-refractivity contribution in [3.63, 3.8) is 0 Å². The maximum atomic E-state index is 5.64. The number of hydrogen-bond donors (Lipinski definition) is 0. The maximum absolute atomic E-state index is 5.64. The maximum Gasteiger partial charge on any atom is 0.0972 e. The molecule has 0 atom stereocenters. The first-order valence-electron chi connectivity index (χ1n) is 18.9. The van der Waals surface area contributed by atoms with Crippen LogP contribution in [0.4, 0.5) is 0 Å². The first-order valence-corrected chi connectivity index (χ1v) is 18.9. The third-order valence-corrected chi connectivity index (χ3v) is 11.9. The minimum Gasteiger partial charge on any atom is -0.253 e. The molecule has 10 aromatic rings. The van der Waals surface area contributed by atoms with Gasteiger partial charge in [-0.15, -0.1) is 0 Å². The second-order valence-electron chi connectivity index (χ2n) is 14.7. The van der Waals surface area contributed by atoms with Crippen LogP contribution in [-0.2, 0) is 5.41 Å². The molecule has 2 aliphatic carbocycles. The van der Waals surface area contributed by atoms with Gasteiger partial charge in [-0.05, 0) is 50.9 Å². The van der Waals surface area contributed by atoms with Crippen LogP contribution in [0, 0.1) is 0 Å². The quantitative estimate of drug-likeness (QED) is 0.173. The van der Waals surface area contributed by atoms with Crippen molar-refractivity contribution in [2.24, 2.45) is 0 Å². The highest BCUT2D eigenvalue weighted by Gasteiger charge is 2.53. The average molecular weight is 698 g/mol. The topological polar surface area (TPSA) is 38.7 Å². The van der Waals surface area contributed by atoms with E-state index in [9.17, 15) is 0 Å². The summed E-state index contributed by atoms with van der Waals surface area (Å²) in [6.07, 6.45) is 1.98. The highest BCUT2D eigenvalue weighted by atomic mass is 14.8. The van der Waals surface area contributed by atoms with E-state index in [-0.39, 0.29) is 0 Å². The van der Waals surface area contributed by atoms with Gasteiger partial charge in [0.15, 0.2) is 0 Å². The Kier molecular flexibility index (Phi) is 6.26. The lowest BCUT2D eigenvalue weighted by Crippen LogP contribution is -2.26. The molecule has 55 heavy (non-hydrogen) atoms. The normalized spacial score (nSPS) is 13.2. The Hall–Kier alpha value is -7.23. The van der Waals surface area contributed by atoms with Gasteiger partial charge in [0, 0.05) is 50.2 Å². The summed E-state index contributed by atoms with van der Waals surface area (Å²) in [6.45, 7) is 0. The van der Waals surface area contributed by atoms with Gasteiger partial charge in [-0.3, -0.25) is 4.98 Å². The van der Waals surface area contributed by atoms with Gasteiger partial charge in [-0.1, -0.05) is 170 Å². The largest absolute Gasteiger partial charge is 0.253 e. The van der Waals surface area contributed by atoms with Crippen molar-refractivity contribution in [1.29, 1.82) is 0 Å². The standard InChI is InChI=1S/C52H31N3/c1-2-12-33(13-3-1)46-29-28-35-26-27-36-30-37(31-53-49(36)50(35)54-46)32-22-24-34(25-23-32)48-41-17-5-4-16-40(41)47-51(55-48)42-18-8-11-21-45(42)52(47)43-19-9-6-14-38(43)39-15-7-10-20-44(39)52/h1-31H. The zero-order valence-corrected chi connectivity index (χ0v) is 29.7. The molecule has 0 saturated heterocycles. The number of fused-ring (bicyclic) bond motifs is 15. The van der Waals surface area contributed by atoms with E-state index in [4.69, 9.17) is 15.0 Å². The molecule has 7 aromatic carbocycles. The van der Waals surface area contributed by atoms with E-state index >= 15 is 0 Å². The molecule has 2 aliphatic rings. The predicted octanol–water partition coefficient (Wildman–Crippen LogP) is 12.7. The molecule has 0 amide bonds. The summed E-state index contributed by atoms with van der Waals surface area (Å²) in [5.74, 6) is 0. The Morgan fingerprint density at radius 2 is 0.945 bits per heavy atom. The molecule has 3 heterocycles. The van der Waals surface area contributed by atoms with Crippen LogP contribution in [0.15, 0.2) is 188 Å². The van der Waals surface area contributed by atoms with Gasteiger partial charge in [0.2, 0.25) is 0 Å². The molecule has 0 radical (unpaired) electrons. The van der Waals surface area contributed by atoms with Crippen LogP contribution in [0.25, 0.3) is 88.6 Å². The molecule has 0 unspecified atom stereocenters. The fraction of sp³-hybridized carbons (Fsp3) is 0.0192. The number of hydrogen-bond acceptors (Lipinski definition) is 3. The van der Waals surface area contributed by atoms with Gasteiger partial charge in [-0.2, -0.15) is 0 Å². The van der Waals surface area contributed by atoms with Gasteiger partial charge in [0.05, 0.1) is 33.5 Å². The van der Waals surface area contributed by atoms with E-state index < -0.39 is 5.41 Å². The van der Waals surface area contributed by atoms with Crippen molar-refractivity contribution in [2.75, 3.05) is 0 Å². The summed E-state index contributed by atoms with van der Waals surface area (Å²) in [6, 6.07) is 65.6. The van der Waals surface area contributed by atoms with Gasteiger partial charge >= 0.3 is 0 Å². The van der Waals surface area contributed by atoms with Crippen LogP contribution in [-0.4, -0.2) is 15.0 Å².